The van der Waals surface area contributed by atoms with Crippen molar-refractivity contribution in [3.8, 4) is 16.9 Å². The standard InChI is InChI=1S/C29H28Cl2N4O2/c1-19(2)16-34(28(37)22-9-13-24(31)14-10-22)18-27(36)33-29-32-26(21-7-11-23(30)12-8-21)17-35(29)25-6-4-5-20(3)15-25/h4-15,17,19H,16,18H2,1-3H3,(H,32,33,36). The second kappa shape index (κ2) is 11.6. The molecule has 1 heterocycles. The second-order valence-electron chi connectivity index (χ2n) is 9.30. The van der Waals surface area contributed by atoms with Crippen LogP contribution in [0.4, 0.5) is 5.95 Å². The van der Waals surface area contributed by atoms with Gasteiger partial charge in [0.2, 0.25) is 11.9 Å². The summed E-state index contributed by atoms with van der Waals surface area (Å²) >= 11 is 12.0. The van der Waals surface area contributed by atoms with Crippen LogP contribution in [0.3, 0.4) is 0 Å². The number of aromatic nitrogens is 2. The third kappa shape index (κ3) is 6.79. The summed E-state index contributed by atoms with van der Waals surface area (Å²) in [4.78, 5) is 32.7. The van der Waals surface area contributed by atoms with Crippen molar-refractivity contribution in [1.82, 2.24) is 14.5 Å². The number of carbonyl (C=O) groups excluding carboxylic acids is 2. The molecule has 0 saturated heterocycles. The van der Waals surface area contributed by atoms with Gasteiger partial charge in [-0.15, -0.1) is 0 Å². The van der Waals surface area contributed by atoms with E-state index in [1.807, 2.05) is 67.9 Å². The normalized spacial score (nSPS) is 11.0. The maximum Gasteiger partial charge on any atom is 0.254 e. The van der Waals surface area contributed by atoms with Gasteiger partial charge in [-0.05, 0) is 66.9 Å². The zero-order chi connectivity index (χ0) is 26.5. The minimum Gasteiger partial charge on any atom is -0.329 e. The maximum absolute atomic E-state index is 13.2. The van der Waals surface area contributed by atoms with Crippen LogP contribution in [0.1, 0.15) is 29.8 Å². The fraction of sp³-hybridized carbons (Fsp3) is 0.207. The number of nitrogens with zero attached hydrogens (tertiary/aromatic N) is 3. The molecule has 190 valence electrons. The number of hydrogen-bond donors (Lipinski definition) is 1. The molecule has 6 nitrogen and oxygen atoms in total. The Morgan fingerprint density at radius 2 is 1.62 bits per heavy atom. The van der Waals surface area contributed by atoms with E-state index in [0.29, 0.717) is 33.8 Å². The first-order valence-corrected chi connectivity index (χ1v) is 12.7. The van der Waals surface area contributed by atoms with Gasteiger partial charge in [0.05, 0.1) is 5.69 Å². The van der Waals surface area contributed by atoms with E-state index in [-0.39, 0.29) is 24.3 Å². The first kappa shape index (κ1) is 26.5. The van der Waals surface area contributed by atoms with E-state index in [1.54, 1.807) is 41.3 Å². The van der Waals surface area contributed by atoms with Crippen LogP contribution in [0.15, 0.2) is 79.0 Å². The zero-order valence-electron chi connectivity index (χ0n) is 20.9. The summed E-state index contributed by atoms with van der Waals surface area (Å²) in [6.45, 7) is 6.32. The molecule has 3 aromatic carbocycles. The van der Waals surface area contributed by atoms with E-state index in [9.17, 15) is 9.59 Å². The van der Waals surface area contributed by atoms with Gasteiger partial charge >= 0.3 is 0 Å². The van der Waals surface area contributed by atoms with Crippen LogP contribution in [-0.4, -0.2) is 39.4 Å². The summed E-state index contributed by atoms with van der Waals surface area (Å²) in [6, 6.07) is 21.9. The SMILES string of the molecule is Cc1cccc(-n2cc(-c3ccc(Cl)cc3)nc2NC(=O)CN(CC(C)C)C(=O)c2ccc(Cl)cc2)c1. The van der Waals surface area contributed by atoms with Crippen LogP contribution in [0.5, 0.6) is 0 Å². The van der Waals surface area contributed by atoms with Gasteiger partial charge < -0.3 is 4.90 Å². The molecule has 4 rings (SSSR count). The molecule has 0 aliphatic heterocycles. The van der Waals surface area contributed by atoms with Crippen molar-refractivity contribution in [2.45, 2.75) is 20.8 Å². The molecule has 37 heavy (non-hydrogen) atoms. The van der Waals surface area contributed by atoms with Gasteiger partial charge in [0.15, 0.2) is 0 Å². The summed E-state index contributed by atoms with van der Waals surface area (Å²) < 4.78 is 1.84. The Morgan fingerprint density at radius 3 is 2.24 bits per heavy atom. The first-order chi connectivity index (χ1) is 17.7. The van der Waals surface area contributed by atoms with Crippen molar-refractivity contribution in [3.63, 3.8) is 0 Å². The van der Waals surface area contributed by atoms with Crippen molar-refractivity contribution >= 4 is 41.0 Å². The van der Waals surface area contributed by atoms with Crippen LogP contribution < -0.4 is 5.32 Å². The Bertz CT molecular complexity index is 1400. The minimum atomic E-state index is -0.342. The first-order valence-electron chi connectivity index (χ1n) is 12.0. The number of benzene rings is 3. The third-order valence-corrected chi connectivity index (χ3v) is 6.18. The molecule has 4 aromatic rings. The third-order valence-electron chi connectivity index (χ3n) is 5.68. The summed E-state index contributed by atoms with van der Waals surface area (Å²) in [7, 11) is 0. The Labute approximate surface area is 226 Å². The van der Waals surface area contributed by atoms with Crippen molar-refractivity contribution in [1.29, 1.82) is 0 Å². The highest BCUT2D eigenvalue weighted by Gasteiger charge is 2.22. The number of rotatable bonds is 8. The lowest BCUT2D eigenvalue weighted by atomic mass is 10.1. The number of hydrogen-bond acceptors (Lipinski definition) is 3. The van der Waals surface area contributed by atoms with E-state index >= 15 is 0 Å². The van der Waals surface area contributed by atoms with Crippen LogP contribution in [0.25, 0.3) is 16.9 Å². The second-order valence-corrected chi connectivity index (χ2v) is 10.2. The molecule has 8 heteroatoms. The number of aryl methyl sites for hydroxylation is 1. The largest absolute Gasteiger partial charge is 0.329 e. The summed E-state index contributed by atoms with van der Waals surface area (Å²) in [5.74, 6) is -0.0339. The van der Waals surface area contributed by atoms with Gasteiger partial charge in [-0.1, -0.05) is 61.3 Å². The molecule has 2 amide bonds. The van der Waals surface area contributed by atoms with Gasteiger partial charge in [0.25, 0.3) is 5.91 Å². The van der Waals surface area contributed by atoms with Crippen molar-refractivity contribution < 1.29 is 9.59 Å². The van der Waals surface area contributed by atoms with Crippen molar-refractivity contribution in [2.24, 2.45) is 5.92 Å². The number of anilines is 1. The predicted molar refractivity (Wildman–Crippen MR) is 150 cm³/mol. The Balaban J connectivity index is 1.62. The van der Waals surface area contributed by atoms with Gasteiger partial charge in [0.1, 0.15) is 6.54 Å². The smallest absolute Gasteiger partial charge is 0.254 e. The summed E-state index contributed by atoms with van der Waals surface area (Å²) in [5.41, 5.74) is 3.96. The lowest BCUT2D eigenvalue weighted by molar-refractivity contribution is -0.117. The lowest BCUT2D eigenvalue weighted by Gasteiger charge is -2.24. The van der Waals surface area contributed by atoms with E-state index in [1.165, 1.54) is 0 Å². The molecule has 0 aliphatic carbocycles. The topological polar surface area (TPSA) is 67.2 Å². The molecule has 1 aromatic heterocycles. The molecule has 0 aliphatic rings. The van der Waals surface area contributed by atoms with Gasteiger partial charge in [0, 0.05) is 39.6 Å². The van der Waals surface area contributed by atoms with E-state index in [2.05, 4.69) is 5.32 Å². The number of amides is 2. The van der Waals surface area contributed by atoms with E-state index < -0.39 is 0 Å². The van der Waals surface area contributed by atoms with E-state index in [0.717, 1.165) is 16.8 Å². The average molecular weight is 535 g/mol. The molecule has 0 unspecified atom stereocenters. The monoisotopic (exact) mass is 534 g/mol. The highest BCUT2D eigenvalue weighted by Crippen LogP contribution is 2.26. The molecule has 0 radical (unpaired) electrons. The molecule has 0 spiro atoms. The molecular weight excluding hydrogens is 507 g/mol. The van der Waals surface area contributed by atoms with Gasteiger partial charge in [-0.2, -0.15) is 0 Å². The molecule has 0 saturated carbocycles. The van der Waals surface area contributed by atoms with Crippen LogP contribution in [0, 0.1) is 12.8 Å². The molecule has 0 fully saturated rings. The number of nitrogens with one attached hydrogen (secondary N) is 1. The zero-order valence-corrected chi connectivity index (χ0v) is 22.4. The van der Waals surface area contributed by atoms with Crippen molar-refractivity contribution in [2.75, 3.05) is 18.4 Å². The average Bonchev–Trinajstić information content (AvgIpc) is 3.27. The van der Waals surface area contributed by atoms with Crippen LogP contribution >= 0.6 is 23.2 Å². The number of carbonyl (C=O) groups is 2. The van der Waals surface area contributed by atoms with Crippen LogP contribution in [-0.2, 0) is 4.79 Å². The molecular formula is C29H28Cl2N4O2. The lowest BCUT2D eigenvalue weighted by Crippen LogP contribution is -2.40. The molecule has 0 atom stereocenters. The molecule has 1 N–H and O–H groups in total. The quantitative estimate of drug-likeness (QED) is 0.267. The minimum absolute atomic E-state index is 0.114. The van der Waals surface area contributed by atoms with E-state index in [4.69, 9.17) is 28.2 Å². The Kier molecular flexibility index (Phi) is 8.31. The predicted octanol–water partition coefficient (Wildman–Crippen LogP) is 6.89. The van der Waals surface area contributed by atoms with Crippen LogP contribution in [0.2, 0.25) is 10.0 Å². The fourth-order valence-electron chi connectivity index (χ4n) is 3.98. The summed E-state index contributed by atoms with van der Waals surface area (Å²) in [5, 5.41) is 4.10. The summed E-state index contributed by atoms with van der Waals surface area (Å²) in [6.07, 6.45) is 1.87. The number of imidazole rings is 1. The number of halogens is 2. The van der Waals surface area contributed by atoms with Crippen molar-refractivity contribution in [3.05, 3.63) is 100 Å². The Morgan fingerprint density at radius 1 is 0.973 bits per heavy atom. The Hall–Kier alpha value is -3.61. The highest BCUT2D eigenvalue weighted by molar-refractivity contribution is 6.31. The maximum atomic E-state index is 13.2. The van der Waals surface area contributed by atoms with Gasteiger partial charge in [-0.3, -0.25) is 19.5 Å². The highest BCUT2D eigenvalue weighted by atomic mass is 35.5. The van der Waals surface area contributed by atoms with Gasteiger partial charge in [-0.25, -0.2) is 4.98 Å². The molecule has 0 bridgehead atoms. The fourth-order valence-corrected chi connectivity index (χ4v) is 4.23.